The van der Waals surface area contributed by atoms with E-state index in [1.807, 2.05) is 30.6 Å². The molecule has 0 bridgehead atoms. The third kappa shape index (κ3) is 2.80. The Hall–Kier alpha value is -2.03. The minimum absolute atomic E-state index is 0.815. The molecule has 2 aromatic rings. The van der Waals surface area contributed by atoms with Crippen LogP contribution in [0.25, 0.3) is 0 Å². The number of nitrogens with two attached hydrogens (primary N) is 1. The Bertz CT molecular complexity index is 523. The van der Waals surface area contributed by atoms with Crippen LogP contribution in [0.15, 0.2) is 42.7 Å². The van der Waals surface area contributed by atoms with Gasteiger partial charge in [-0.3, -0.25) is 4.98 Å². The summed E-state index contributed by atoms with van der Waals surface area (Å²) in [6.07, 6.45) is 3.74. The highest BCUT2D eigenvalue weighted by molar-refractivity contribution is 5.52. The van der Waals surface area contributed by atoms with Gasteiger partial charge in [0.15, 0.2) is 0 Å². The van der Waals surface area contributed by atoms with Crippen LogP contribution in [0.4, 0.5) is 11.4 Å². The molecule has 0 aliphatic carbocycles. The Morgan fingerprint density at radius 1 is 1.28 bits per heavy atom. The maximum atomic E-state index is 5.82. The van der Waals surface area contributed by atoms with E-state index in [9.17, 15) is 0 Å². The SMILES string of the molecule is CCN(Cc1cccc(N)c1)c1ccncc1C. The van der Waals surface area contributed by atoms with Crippen LogP contribution >= 0.6 is 0 Å². The van der Waals surface area contributed by atoms with E-state index in [1.54, 1.807) is 0 Å². The normalized spacial score (nSPS) is 10.3. The van der Waals surface area contributed by atoms with Gasteiger partial charge in [0.25, 0.3) is 0 Å². The van der Waals surface area contributed by atoms with Gasteiger partial charge in [0, 0.05) is 36.9 Å². The van der Waals surface area contributed by atoms with Gasteiger partial charge < -0.3 is 10.6 Å². The van der Waals surface area contributed by atoms with E-state index in [0.717, 1.165) is 18.8 Å². The Morgan fingerprint density at radius 3 is 2.78 bits per heavy atom. The first-order chi connectivity index (χ1) is 8.70. The van der Waals surface area contributed by atoms with E-state index in [4.69, 9.17) is 5.73 Å². The van der Waals surface area contributed by atoms with Crippen molar-refractivity contribution in [2.24, 2.45) is 0 Å². The van der Waals surface area contributed by atoms with Crippen LogP contribution in [0.3, 0.4) is 0 Å². The molecule has 3 nitrogen and oxygen atoms in total. The van der Waals surface area contributed by atoms with Crippen LogP contribution in [-0.4, -0.2) is 11.5 Å². The highest BCUT2D eigenvalue weighted by Crippen LogP contribution is 2.21. The molecule has 3 heteroatoms. The van der Waals surface area contributed by atoms with E-state index < -0.39 is 0 Å². The summed E-state index contributed by atoms with van der Waals surface area (Å²) in [7, 11) is 0. The van der Waals surface area contributed by atoms with E-state index in [2.05, 4.69) is 35.9 Å². The molecule has 0 saturated carbocycles. The number of anilines is 2. The quantitative estimate of drug-likeness (QED) is 0.837. The maximum Gasteiger partial charge on any atom is 0.0430 e. The van der Waals surface area contributed by atoms with E-state index in [1.165, 1.54) is 16.8 Å². The Morgan fingerprint density at radius 2 is 2.11 bits per heavy atom. The predicted octanol–water partition coefficient (Wildman–Crippen LogP) is 3.00. The zero-order valence-corrected chi connectivity index (χ0v) is 10.9. The molecule has 0 spiro atoms. The Balaban J connectivity index is 2.23. The number of aryl methyl sites for hydroxylation is 1. The van der Waals surface area contributed by atoms with Gasteiger partial charge in [-0.1, -0.05) is 12.1 Å². The van der Waals surface area contributed by atoms with Gasteiger partial charge in [-0.05, 0) is 43.2 Å². The van der Waals surface area contributed by atoms with Gasteiger partial charge >= 0.3 is 0 Å². The summed E-state index contributed by atoms with van der Waals surface area (Å²) in [5.41, 5.74) is 10.3. The van der Waals surface area contributed by atoms with Gasteiger partial charge in [-0.25, -0.2) is 0 Å². The largest absolute Gasteiger partial charge is 0.399 e. The number of rotatable bonds is 4. The molecule has 0 fully saturated rings. The van der Waals surface area contributed by atoms with Crippen molar-refractivity contribution in [3.05, 3.63) is 53.9 Å². The second-order valence-corrected chi connectivity index (χ2v) is 4.42. The van der Waals surface area contributed by atoms with Crippen LogP contribution in [0.5, 0.6) is 0 Å². The second kappa shape index (κ2) is 5.54. The van der Waals surface area contributed by atoms with Crippen LogP contribution in [0.2, 0.25) is 0 Å². The summed E-state index contributed by atoms with van der Waals surface area (Å²) in [4.78, 5) is 6.46. The lowest BCUT2D eigenvalue weighted by Gasteiger charge is -2.24. The molecule has 2 rings (SSSR count). The first kappa shape index (κ1) is 12.4. The zero-order chi connectivity index (χ0) is 13.0. The summed E-state index contributed by atoms with van der Waals surface area (Å²) >= 11 is 0. The summed E-state index contributed by atoms with van der Waals surface area (Å²) < 4.78 is 0. The third-order valence-electron chi connectivity index (χ3n) is 3.04. The molecule has 18 heavy (non-hydrogen) atoms. The van der Waals surface area contributed by atoms with Crippen molar-refractivity contribution in [1.29, 1.82) is 0 Å². The molecule has 0 aliphatic heterocycles. The molecular weight excluding hydrogens is 222 g/mol. The second-order valence-electron chi connectivity index (χ2n) is 4.42. The van der Waals surface area contributed by atoms with Gasteiger partial charge in [-0.2, -0.15) is 0 Å². The topological polar surface area (TPSA) is 42.1 Å². The molecule has 1 heterocycles. The number of nitrogen functional groups attached to an aromatic ring is 1. The van der Waals surface area contributed by atoms with E-state index in [-0.39, 0.29) is 0 Å². The lowest BCUT2D eigenvalue weighted by molar-refractivity contribution is 0.826. The molecule has 0 saturated heterocycles. The van der Waals surface area contributed by atoms with Crippen molar-refractivity contribution in [3.63, 3.8) is 0 Å². The lowest BCUT2D eigenvalue weighted by atomic mass is 10.1. The van der Waals surface area contributed by atoms with Crippen molar-refractivity contribution in [1.82, 2.24) is 4.98 Å². The molecule has 1 aromatic carbocycles. The molecule has 0 radical (unpaired) electrons. The maximum absolute atomic E-state index is 5.82. The zero-order valence-electron chi connectivity index (χ0n) is 10.9. The van der Waals surface area contributed by atoms with Crippen LogP contribution in [-0.2, 0) is 6.54 Å². The molecular formula is C15H19N3. The Labute approximate surface area is 108 Å². The lowest BCUT2D eigenvalue weighted by Crippen LogP contribution is -2.22. The van der Waals surface area contributed by atoms with Crippen LogP contribution < -0.4 is 10.6 Å². The van der Waals surface area contributed by atoms with Gasteiger partial charge in [0.1, 0.15) is 0 Å². The summed E-state index contributed by atoms with van der Waals surface area (Å²) in [5.74, 6) is 0. The average molecular weight is 241 g/mol. The first-order valence-corrected chi connectivity index (χ1v) is 6.20. The standard InChI is InChI=1S/C15H19N3/c1-3-18(15-7-8-17-10-12(15)2)11-13-5-4-6-14(16)9-13/h4-10H,3,11,16H2,1-2H3. The summed E-state index contributed by atoms with van der Waals surface area (Å²) in [6, 6.07) is 10.1. The fourth-order valence-electron chi connectivity index (χ4n) is 2.10. The fraction of sp³-hybridized carbons (Fsp3) is 0.267. The van der Waals surface area contributed by atoms with Gasteiger partial charge in [0.2, 0.25) is 0 Å². The monoisotopic (exact) mass is 241 g/mol. The molecule has 2 N–H and O–H groups in total. The number of hydrogen-bond donors (Lipinski definition) is 1. The Kier molecular flexibility index (Phi) is 3.82. The van der Waals surface area contributed by atoms with Crippen molar-refractivity contribution in [3.8, 4) is 0 Å². The molecule has 0 aliphatic rings. The number of nitrogens with zero attached hydrogens (tertiary/aromatic N) is 2. The smallest absolute Gasteiger partial charge is 0.0430 e. The first-order valence-electron chi connectivity index (χ1n) is 6.20. The van der Waals surface area contributed by atoms with Gasteiger partial charge in [0.05, 0.1) is 0 Å². The van der Waals surface area contributed by atoms with E-state index in [0.29, 0.717) is 0 Å². The molecule has 0 amide bonds. The van der Waals surface area contributed by atoms with Crippen LogP contribution in [0.1, 0.15) is 18.1 Å². The highest BCUT2D eigenvalue weighted by atomic mass is 15.1. The third-order valence-corrected chi connectivity index (χ3v) is 3.04. The van der Waals surface area contributed by atoms with Crippen molar-refractivity contribution in [2.75, 3.05) is 17.2 Å². The van der Waals surface area contributed by atoms with Gasteiger partial charge in [-0.15, -0.1) is 0 Å². The number of hydrogen-bond acceptors (Lipinski definition) is 3. The number of aromatic nitrogens is 1. The van der Waals surface area contributed by atoms with Crippen molar-refractivity contribution < 1.29 is 0 Å². The average Bonchev–Trinajstić information content (AvgIpc) is 2.37. The fourth-order valence-corrected chi connectivity index (χ4v) is 2.10. The minimum Gasteiger partial charge on any atom is -0.399 e. The van der Waals surface area contributed by atoms with Crippen molar-refractivity contribution in [2.45, 2.75) is 20.4 Å². The number of pyridine rings is 1. The summed E-state index contributed by atoms with van der Waals surface area (Å²) in [6.45, 7) is 6.07. The molecule has 0 unspecified atom stereocenters. The predicted molar refractivity (Wildman–Crippen MR) is 76.6 cm³/mol. The molecule has 0 atom stereocenters. The van der Waals surface area contributed by atoms with Crippen LogP contribution in [0, 0.1) is 6.92 Å². The number of benzene rings is 1. The molecule has 94 valence electrons. The minimum atomic E-state index is 0.815. The highest BCUT2D eigenvalue weighted by Gasteiger charge is 2.07. The van der Waals surface area contributed by atoms with E-state index >= 15 is 0 Å². The summed E-state index contributed by atoms with van der Waals surface area (Å²) in [5, 5.41) is 0. The van der Waals surface area contributed by atoms with Crippen molar-refractivity contribution >= 4 is 11.4 Å². The molecule has 1 aromatic heterocycles.